The average molecular weight is 711 g/mol. The van der Waals surface area contributed by atoms with Crippen LogP contribution in [0.15, 0.2) is 91.0 Å². The van der Waals surface area contributed by atoms with Gasteiger partial charge in [0.15, 0.2) is 0 Å². The topological polar surface area (TPSA) is 0 Å². The quantitative estimate of drug-likeness (QED) is 0.187. The maximum atomic E-state index is 14.9. The Kier molecular flexibility index (Phi) is 12.9. The third-order valence-electron chi connectivity index (χ3n) is 14.5. The van der Waals surface area contributed by atoms with Gasteiger partial charge in [0.05, 0.1) is 0 Å². The van der Waals surface area contributed by atoms with Gasteiger partial charge in [0.2, 0.25) is 0 Å². The summed E-state index contributed by atoms with van der Waals surface area (Å²) in [5, 5.41) is 0. The Morgan fingerprint density at radius 3 is 1.17 bits per heavy atom. The van der Waals surface area contributed by atoms with Crippen molar-refractivity contribution in [2.24, 2.45) is 29.6 Å². The molecule has 0 aromatic heterocycles. The van der Waals surface area contributed by atoms with Crippen LogP contribution >= 0.6 is 0 Å². The van der Waals surface area contributed by atoms with E-state index in [-0.39, 0.29) is 5.82 Å². The Bertz CT molecular complexity index is 1680. The van der Waals surface area contributed by atoms with Crippen molar-refractivity contribution < 1.29 is 4.39 Å². The summed E-state index contributed by atoms with van der Waals surface area (Å²) in [6, 6.07) is 33.0. The van der Waals surface area contributed by atoms with Gasteiger partial charge in [-0.3, -0.25) is 0 Å². The molecular formula is C52H67F. The molecule has 0 radical (unpaired) electrons. The molecule has 0 aliphatic heterocycles. The van der Waals surface area contributed by atoms with Crippen molar-refractivity contribution in [3.05, 3.63) is 119 Å². The molecule has 0 amide bonds. The molecule has 4 fully saturated rings. The van der Waals surface area contributed by atoms with Crippen LogP contribution < -0.4 is 0 Å². The first-order chi connectivity index (χ1) is 25.8. The van der Waals surface area contributed by atoms with Crippen LogP contribution in [-0.4, -0.2) is 0 Å². The fourth-order valence-electron chi connectivity index (χ4n) is 10.5. The predicted molar refractivity (Wildman–Crippen MR) is 225 cm³/mol. The standard InChI is InChI=1S/C26H33F.C26H34/c1-18-3-7-20(8-4-18)21-11-13-23(14-12-21)25-16-15-24(17-26(25)27)22-9-5-19(2)6-10-22;1-19-3-7-21(8-4-19)23-11-15-25(16-12-23)26-17-13-24(14-18-26)22-9-5-20(2)6-10-22/h11-20,22H,3-10H2,1-2H3;3-4,7-8,11-12,15-16,20,22,24,26H,5-6,9-10,13-14,17-18H2,1-2H3. The predicted octanol–water partition coefficient (Wildman–Crippen LogP) is 15.8. The summed E-state index contributed by atoms with van der Waals surface area (Å²) in [4.78, 5) is 0. The van der Waals surface area contributed by atoms with E-state index in [0.717, 1.165) is 46.6 Å². The summed E-state index contributed by atoms with van der Waals surface area (Å²) < 4.78 is 14.9. The third kappa shape index (κ3) is 9.92. The minimum Gasteiger partial charge on any atom is -0.206 e. The van der Waals surface area contributed by atoms with E-state index in [4.69, 9.17) is 0 Å². The largest absolute Gasteiger partial charge is 0.206 e. The number of halogens is 1. The van der Waals surface area contributed by atoms with E-state index in [9.17, 15) is 4.39 Å². The van der Waals surface area contributed by atoms with Crippen LogP contribution in [0.2, 0.25) is 0 Å². The molecule has 282 valence electrons. The van der Waals surface area contributed by atoms with Crippen molar-refractivity contribution in [2.75, 3.05) is 0 Å². The summed E-state index contributed by atoms with van der Waals surface area (Å²) in [5.41, 5.74) is 9.94. The summed E-state index contributed by atoms with van der Waals surface area (Å²) >= 11 is 0. The Labute approximate surface area is 322 Å². The van der Waals surface area contributed by atoms with Crippen LogP contribution in [0.4, 0.5) is 4.39 Å². The van der Waals surface area contributed by atoms with E-state index in [1.165, 1.54) is 131 Å². The first-order valence-corrected chi connectivity index (χ1v) is 21.9. The molecule has 4 aliphatic rings. The molecule has 0 bridgehead atoms. The maximum Gasteiger partial charge on any atom is 0.131 e. The second-order valence-corrected chi connectivity index (χ2v) is 18.4. The molecule has 0 unspecified atom stereocenters. The molecule has 8 rings (SSSR count). The van der Waals surface area contributed by atoms with Gasteiger partial charge in [-0.05, 0) is 158 Å². The molecule has 0 saturated heterocycles. The first kappa shape index (κ1) is 38.1. The van der Waals surface area contributed by atoms with E-state index in [1.54, 1.807) is 11.6 Å². The van der Waals surface area contributed by atoms with Gasteiger partial charge in [-0.2, -0.15) is 0 Å². The van der Waals surface area contributed by atoms with Crippen LogP contribution in [0.3, 0.4) is 0 Å². The summed E-state index contributed by atoms with van der Waals surface area (Å²) in [6.45, 7) is 9.28. The average Bonchev–Trinajstić information content (AvgIpc) is 3.20. The molecule has 4 aliphatic carbocycles. The van der Waals surface area contributed by atoms with Crippen molar-refractivity contribution >= 4 is 0 Å². The molecule has 0 atom stereocenters. The Morgan fingerprint density at radius 1 is 0.377 bits per heavy atom. The molecule has 4 aromatic carbocycles. The van der Waals surface area contributed by atoms with E-state index >= 15 is 0 Å². The lowest BCUT2D eigenvalue weighted by atomic mass is 9.68. The lowest BCUT2D eigenvalue weighted by molar-refractivity contribution is 0.165. The number of hydrogen-bond acceptors (Lipinski definition) is 0. The highest BCUT2D eigenvalue weighted by Gasteiger charge is 2.30. The van der Waals surface area contributed by atoms with Crippen LogP contribution in [0.5, 0.6) is 0 Å². The monoisotopic (exact) mass is 711 g/mol. The third-order valence-corrected chi connectivity index (χ3v) is 14.5. The van der Waals surface area contributed by atoms with Gasteiger partial charge in [-0.15, -0.1) is 0 Å². The highest BCUT2D eigenvalue weighted by Crippen LogP contribution is 2.44. The van der Waals surface area contributed by atoms with Crippen molar-refractivity contribution in [3.8, 4) is 22.3 Å². The SMILES string of the molecule is CC1CCC(c2ccc(-c3ccc(C4CCC(C)CC4)cc3F)cc2)CC1.Cc1ccc(-c2ccc(C3CCC(C4CCC(C)CC4)CC3)cc2)cc1. The van der Waals surface area contributed by atoms with Crippen LogP contribution in [0, 0.1) is 42.3 Å². The molecular weight excluding hydrogens is 644 g/mol. The van der Waals surface area contributed by atoms with Gasteiger partial charge in [0.1, 0.15) is 5.82 Å². The lowest BCUT2D eigenvalue weighted by Gasteiger charge is -2.37. The van der Waals surface area contributed by atoms with Gasteiger partial charge in [0.25, 0.3) is 0 Å². The van der Waals surface area contributed by atoms with Gasteiger partial charge in [0, 0.05) is 5.56 Å². The maximum absolute atomic E-state index is 14.9. The molecule has 0 N–H and O–H groups in total. The number of rotatable bonds is 6. The summed E-state index contributed by atoms with van der Waals surface area (Å²) in [5.74, 6) is 6.70. The van der Waals surface area contributed by atoms with Gasteiger partial charge < -0.3 is 0 Å². The molecule has 0 spiro atoms. The second kappa shape index (κ2) is 18.0. The van der Waals surface area contributed by atoms with E-state index in [2.05, 4.69) is 107 Å². The molecule has 4 saturated carbocycles. The molecule has 53 heavy (non-hydrogen) atoms. The van der Waals surface area contributed by atoms with Crippen molar-refractivity contribution in [2.45, 2.75) is 148 Å². The highest BCUT2D eigenvalue weighted by atomic mass is 19.1. The van der Waals surface area contributed by atoms with Crippen molar-refractivity contribution in [1.29, 1.82) is 0 Å². The summed E-state index contributed by atoms with van der Waals surface area (Å²) in [7, 11) is 0. The molecule has 0 heterocycles. The Balaban J connectivity index is 0.000000164. The zero-order chi connectivity index (χ0) is 36.7. The molecule has 0 nitrogen and oxygen atoms in total. The zero-order valence-corrected chi connectivity index (χ0v) is 33.5. The van der Waals surface area contributed by atoms with Gasteiger partial charge >= 0.3 is 0 Å². The lowest BCUT2D eigenvalue weighted by Crippen LogP contribution is -2.24. The smallest absolute Gasteiger partial charge is 0.131 e. The Morgan fingerprint density at radius 2 is 0.717 bits per heavy atom. The zero-order valence-electron chi connectivity index (χ0n) is 33.5. The molecule has 4 aromatic rings. The van der Waals surface area contributed by atoms with Crippen molar-refractivity contribution in [3.63, 3.8) is 0 Å². The summed E-state index contributed by atoms with van der Waals surface area (Å²) in [6.07, 6.45) is 21.9. The van der Waals surface area contributed by atoms with E-state index in [1.807, 2.05) is 6.07 Å². The second-order valence-electron chi connectivity index (χ2n) is 18.4. The number of benzene rings is 4. The van der Waals surface area contributed by atoms with Crippen molar-refractivity contribution in [1.82, 2.24) is 0 Å². The number of aryl methyl sites for hydroxylation is 1. The fourth-order valence-corrected chi connectivity index (χ4v) is 10.5. The fraction of sp³-hybridized carbons (Fsp3) is 0.538. The van der Waals surface area contributed by atoms with Gasteiger partial charge in [-0.1, -0.05) is 150 Å². The van der Waals surface area contributed by atoms with Crippen LogP contribution in [-0.2, 0) is 0 Å². The van der Waals surface area contributed by atoms with Crippen LogP contribution in [0.1, 0.15) is 164 Å². The number of hydrogen-bond donors (Lipinski definition) is 0. The van der Waals surface area contributed by atoms with Gasteiger partial charge in [-0.25, -0.2) is 4.39 Å². The minimum atomic E-state index is -0.0645. The first-order valence-electron chi connectivity index (χ1n) is 21.9. The van der Waals surface area contributed by atoms with E-state index < -0.39 is 0 Å². The Hall–Kier alpha value is -3.19. The van der Waals surface area contributed by atoms with E-state index in [0.29, 0.717) is 11.8 Å². The minimum absolute atomic E-state index is 0.0645. The normalized spacial score (nSPS) is 29.2. The highest BCUT2D eigenvalue weighted by molar-refractivity contribution is 5.65. The molecule has 1 heteroatoms. The van der Waals surface area contributed by atoms with Crippen LogP contribution in [0.25, 0.3) is 22.3 Å².